The molecular weight excluding hydrogens is 208 g/mol. The van der Waals surface area contributed by atoms with Crippen molar-refractivity contribution in [1.82, 2.24) is 9.88 Å². The molecule has 0 spiro atoms. The summed E-state index contributed by atoms with van der Waals surface area (Å²) < 4.78 is 2.00. The molecule has 2 N–H and O–H groups in total. The van der Waals surface area contributed by atoms with Gasteiger partial charge in [0, 0.05) is 24.9 Å². The second kappa shape index (κ2) is 5.95. The van der Waals surface area contributed by atoms with E-state index in [1.807, 2.05) is 22.9 Å². The van der Waals surface area contributed by atoms with Crippen LogP contribution in [0.4, 0.5) is 0 Å². The molecule has 1 aromatic rings. The molecule has 5 heteroatoms. The average molecular weight is 224 g/mol. The number of carboxylic acids is 1. The van der Waals surface area contributed by atoms with Crippen molar-refractivity contribution in [1.29, 1.82) is 0 Å². The van der Waals surface area contributed by atoms with Crippen LogP contribution in [-0.4, -0.2) is 28.1 Å². The van der Waals surface area contributed by atoms with E-state index < -0.39 is 12.0 Å². The van der Waals surface area contributed by atoms with Crippen LogP contribution in [0.25, 0.3) is 0 Å². The molecule has 0 radical (unpaired) electrons. The lowest BCUT2D eigenvalue weighted by Gasteiger charge is -2.13. The maximum absolute atomic E-state index is 10.9. The number of amides is 1. The fraction of sp³-hybridized carbons (Fsp3) is 0.455. The highest BCUT2D eigenvalue weighted by Crippen LogP contribution is 2.07. The van der Waals surface area contributed by atoms with E-state index in [-0.39, 0.29) is 0 Å². The van der Waals surface area contributed by atoms with Crippen molar-refractivity contribution < 1.29 is 14.7 Å². The van der Waals surface area contributed by atoms with Crippen LogP contribution >= 0.6 is 0 Å². The van der Waals surface area contributed by atoms with Crippen molar-refractivity contribution in [3.63, 3.8) is 0 Å². The lowest BCUT2D eigenvalue weighted by molar-refractivity contribution is -0.140. The van der Waals surface area contributed by atoms with E-state index in [0.29, 0.717) is 12.8 Å². The summed E-state index contributed by atoms with van der Waals surface area (Å²) in [5.74, 6) is -1.02. The highest BCUT2D eigenvalue weighted by atomic mass is 16.4. The number of rotatable bonds is 7. The van der Waals surface area contributed by atoms with Crippen LogP contribution in [0.5, 0.6) is 0 Å². The third-order valence-corrected chi connectivity index (χ3v) is 2.37. The minimum absolute atomic E-state index is 0.307. The van der Waals surface area contributed by atoms with E-state index in [4.69, 9.17) is 5.11 Å². The van der Waals surface area contributed by atoms with Gasteiger partial charge in [-0.2, -0.15) is 0 Å². The largest absolute Gasteiger partial charge is 0.480 e. The molecule has 1 amide bonds. The Labute approximate surface area is 94.1 Å². The summed E-state index contributed by atoms with van der Waals surface area (Å²) in [6.45, 7) is 2.91. The van der Waals surface area contributed by atoms with Crippen molar-refractivity contribution in [2.75, 3.05) is 0 Å². The molecule has 0 aliphatic heterocycles. The molecule has 5 nitrogen and oxygen atoms in total. The van der Waals surface area contributed by atoms with Gasteiger partial charge in [0.1, 0.15) is 6.04 Å². The van der Waals surface area contributed by atoms with E-state index in [2.05, 4.69) is 12.2 Å². The van der Waals surface area contributed by atoms with Crippen LogP contribution < -0.4 is 5.32 Å². The predicted octanol–water partition coefficient (Wildman–Crippen LogP) is 0.640. The Morgan fingerprint density at radius 1 is 1.69 bits per heavy atom. The Balaban J connectivity index is 2.72. The van der Waals surface area contributed by atoms with E-state index in [9.17, 15) is 9.59 Å². The Kier molecular flexibility index (Phi) is 4.57. The smallest absolute Gasteiger partial charge is 0.326 e. The van der Waals surface area contributed by atoms with Crippen LogP contribution in [0.2, 0.25) is 0 Å². The summed E-state index contributed by atoms with van der Waals surface area (Å²) in [5.41, 5.74) is 0.920. The second-order valence-electron chi connectivity index (χ2n) is 3.57. The quantitative estimate of drug-likeness (QED) is 0.668. The predicted molar refractivity (Wildman–Crippen MR) is 59.1 cm³/mol. The minimum atomic E-state index is -1.02. The number of aryl methyl sites for hydroxylation is 1. The first kappa shape index (κ1) is 12.3. The first-order valence-corrected chi connectivity index (χ1v) is 5.25. The third-order valence-electron chi connectivity index (χ3n) is 2.37. The Bertz CT molecular complexity index is 360. The van der Waals surface area contributed by atoms with Gasteiger partial charge in [-0.3, -0.25) is 4.79 Å². The van der Waals surface area contributed by atoms with Crippen molar-refractivity contribution in [2.45, 2.75) is 32.4 Å². The third kappa shape index (κ3) is 3.12. The Hall–Kier alpha value is -1.78. The standard InChI is InChI=1S/C11H16N2O3/c1-2-5-13-6-3-4-9(13)7-10(11(15)16)12-8-14/h3-4,6,8,10H,2,5,7H2,1H3,(H,12,14)(H,15,16). The molecule has 1 heterocycles. The minimum Gasteiger partial charge on any atom is -0.480 e. The van der Waals surface area contributed by atoms with Gasteiger partial charge in [0.15, 0.2) is 0 Å². The van der Waals surface area contributed by atoms with Crippen LogP contribution in [-0.2, 0) is 22.6 Å². The topological polar surface area (TPSA) is 71.3 Å². The summed E-state index contributed by atoms with van der Waals surface area (Å²) in [5, 5.41) is 11.2. The average Bonchev–Trinajstić information content (AvgIpc) is 2.65. The number of carbonyl (C=O) groups excluding carboxylic acids is 1. The van der Waals surface area contributed by atoms with Crippen LogP contribution in [0, 0.1) is 0 Å². The van der Waals surface area contributed by atoms with Crippen molar-refractivity contribution in [2.24, 2.45) is 0 Å². The van der Waals surface area contributed by atoms with Gasteiger partial charge in [0.2, 0.25) is 6.41 Å². The van der Waals surface area contributed by atoms with Crippen molar-refractivity contribution in [3.05, 3.63) is 24.0 Å². The van der Waals surface area contributed by atoms with E-state index in [1.165, 1.54) is 0 Å². The zero-order chi connectivity index (χ0) is 12.0. The fourth-order valence-corrected chi connectivity index (χ4v) is 1.60. The molecule has 16 heavy (non-hydrogen) atoms. The Morgan fingerprint density at radius 3 is 3.00 bits per heavy atom. The zero-order valence-corrected chi connectivity index (χ0v) is 9.22. The van der Waals surface area contributed by atoms with Gasteiger partial charge < -0.3 is 15.0 Å². The van der Waals surface area contributed by atoms with Crippen molar-refractivity contribution in [3.8, 4) is 0 Å². The fourth-order valence-electron chi connectivity index (χ4n) is 1.60. The number of carbonyl (C=O) groups is 2. The van der Waals surface area contributed by atoms with Gasteiger partial charge in [-0.05, 0) is 18.6 Å². The molecule has 0 aromatic carbocycles. The SMILES string of the molecule is CCCn1cccc1CC(NC=O)C(=O)O. The van der Waals surface area contributed by atoms with E-state index >= 15 is 0 Å². The number of nitrogens with one attached hydrogen (secondary N) is 1. The molecule has 1 aromatic heterocycles. The molecule has 1 atom stereocenters. The maximum Gasteiger partial charge on any atom is 0.326 e. The number of hydrogen-bond acceptors (Lipinski definition) is 2. The normalized spacial score (nSPS) is 12.1. The van der Waals surface area contributed by atoms with Gasteiger partial charge in [-0.15, -0.1) is 0 Å². The summed E-state index contributed by atoms with van der Waals surface area (Å²) in [4.78, 5) is 21.1. The van der Waals surface area contributed by atoms with Gasteiger partial charge in [0.05, 0.1) is 0 Å². The molecule has 1 rings (SSSR count). The highest BCUT2D eigenvalue weighted by molar-refractivity contribution is 5.76. The molecule has 0 aliphatic rings. The number of aromatic nitrogens is 1. The van der Waals surface area contributed by atoms with Gasteiger partial charge in [-0.25, -0.2) is 4.79 Å². The molecule has 0 saturated heterocycles. The van der Waals surface area contributed by atoms with Gasteiger partial charge in [0.25, 0.3) is 0 Å². The highest BCUT2D eigenvalue weighted by Gasteiger charge is 2.18. The summed E-state index contributed by atoms with van der Waals surface area (Å²) >= 11 is 0. The number of aliphatic carboxylic acids is 1. The number of hydrogen-bond donors (Lipinski definition) is 2. The monoisotopic (exact) mass is 224 g/mol. The molecule has 0 aliphatic carbocycles. The molecule has 1 unspecified atom stereocenters. The van der Waals surface area contributed by atoms with Crippen LogP contribution in [0.1, 0.15) is 19.0 Å². The Morgan fingerprint density at radius 2 is 2.44 bits per heavy atom. The summed E-state index contributed by atoms with van der Waals surface area (Å²) in [6.07, 6.45) is 3.63. The molecule has 0 saturated carbocycles. The molecular formula is C11H16N2O3. The first-order chi connectivity index (χ1) is 7.69. The zero-order valence-electron chi connectivity index (χ0n) is 9.22. The lowest BCUT2D eigenvalue weighted by atomic mass is 10.1. The maximum atomic E-state index is 10.9. The van der Waals surface area contributed by atoms with Crippen LogP contribution in [0.3, 0.4) is 0 Å². The van der Waals surface area contributed by atoms with Gasteiger partial charge >= 0.3 is 5.97 Å². The van der Waals surface area contributed by atoms with Gasteiger partial charge in [-0.1, -0.05) is 6.92 Å². The van der Waals surface area contributed by atoms with E-state index in [1.54, 1.807) is 0 Å². The van der Waals surface area contributed by atoms with Crippen LogP contribution in [0.15, 0.2) is 18.3 Å². The second-order valence-corrected chi connectivity index (χ2v) is 3.57. The molecule has 88 valence electrons. The first-order valence-electron chi connectivity index (χ1n) is 5.25. The number of carboxylic acid groups (broad SMARTS) is 1. The lowest BCUT2D eigenvalue weighted by Crippen LogP contribution is -2.38. The van der Waals surface area contributed by atoms with E-state index in [0.717, 1.165) is 18.7 Å². The number of nitrogens with zero attached hydrogens (tertiary/aromatic N) is 1. The summed E-state index contributed by atoms with van der Waals surface area (Å²) in [7, 11) is 0. The molecule has 0 bridgehead atoms. The van der Waals surface area contributed by atoms with Crippen molar-refractivity contribution >= 4 is 12.4 Å². The summed E-state index contributed by atoms with van der Waals surface area (Å²) in [6, 6.07) is 2.89. The molecule has 0 fully saturated rings.